The van der Waals surface area contributed by atoms with E-state index in [-0.39, 0.29) is 6.17 Å². The van der Waals surface area contributed by atoms with Crippen LogP contribution in [0.25, 0.3) is 0 Å². The minimum atomic E-state index is -0.833. The summed E-state index contributed by atoms with van der Waals surface area (Å²) in [5.74, 6) is 0.137. The minimum absolute atomic E-state index is 0.168. The molecule has 0 spiro atoms. The summed E-state index contributed by atoms with van der Waals surface area (Å²) >= 11 is 0. The van der Waals surface area contributed by atoms with Crippen molar-refractivity contribution in [1.29, 1.82) is 0 Å². The Morgan fingerprint density at radius 3 is 2.29 bits per heavy atom. The average molecular weight is 396 g/mol. The van der Waals surface area contributed by atoms with Gasteiger partial charge in [0, 0.05) is 12.5 Å². The molecule has 0 fully saturated rings. The SMILES string of the molecule is C=C(C)C.CC(=O)O.CCCNCC.CCNC1NOC2=C1CC=CC(C)=C2. The summed E-state index contributed by atoms with van der Waals surface area (Å²) in [5, 5.41) is 13.9. The van der Waals surface area contributed by atoms with Gasteiger partial charge in [0.25, 0.3) is 5.97 Å². The summed E-state index contributed by atoms with van der Waals surface area (Å²) < 4.78 is 0. The topological polar surface area (TPSA) is 82.6 Å². The molecule has 2 aliphatic rings. The number of likely N-dealkylation sites (N-methyl/N-ethyl adjacent to an activating group) is 1. The molecule has 4 N–H and O–H groups in total. The highest BCUT2D eigenvalue weighted by Crippen LogP contribution is 2.24. The average Bonchev–Trinajstić information content (AvgIpc) is 2.84. The summed E-state index contributed by atoms with van der Waals surface area (Å²) in [6, 6.07) is 0. The number of nitrogens with one attached hydrogen (secondary N) is 3. The molecular formula is C22H41N3O3. The van der Waals surface area contributed by atoms with E-state index in [2.05, 4.69) is 68.6 Å². The van der Waals surface area contributed by atoms with Crippen LogP contribution in [0.4, 0.5) is 0 Å². The second-order valence-corrected chi connectivity index (χ2v) is 6.67. The summed E-state index contributed by atoms with van der Waals surface area (Å²) in [4.78, 5) is 14.4. The molecule has 0 saturated carbocycles. The molecule has 162 valence electrons. The Hall–Kier alpha value is -1.89. The highest BCUT2D eigenvalue weighted by atomic mass is 16.7. The van der Waals surface area contributed by atoms with Crippen molar-refractivity contribution in [1.82, 2.24) is 16.1 Å². The van der Waals surface area contributed by atoms with Gasteiger partial charge in [-0.05, 0) is 64.9 Å². The fourth-order valence-electron chi connectivity index (χ4n) is 2.09. The maximum absolute atomic E-state index is 9.00. The first-order valence-corrected chi connectivity index (χ1v) is 9.95. The van der Waals surface area contributed by atoms with E-state index in [0.29, 0.717) is 0 Å². The van der Waals surface area contributed by atoms with Gasteiger partial charge in [0.05, 0.1) is 0 Å². The van der Waals surface area contributed by atoms with Crippen LogP contribution in [0.3, 0.4) is 0 Å². The van der Waals surface area contributed by atoms with Crippen LogP contribution in [0.1, 0.15) is 61.3 Å². The van der Waals surface area contributed by atoms with E-state index in [1.54, 1.807) is 0 Å². The number of aliphatic carboxylic acids is 1. The number of allylic oxidation sites excluding steroid dienone is 5. The van der Waals surface area contributed by atoms with Crippen LogP contribution in [-0.4, -0.2) is 36.9 Å². The second-order valence-electron chi connectivity index (χ2n) is 6.67. The van der Waals surface area contributed by atoms with E-state index >= 15 is 0 Å². The van der Waals surface area contributed by atoms with Gasteiger partial charge in [0.1, 0.15) is 11.9 Å². The lowest BCUT2D eigenvalue weighted by Crippen LogP contribution is -2.39. The molecule has 28 heavy (non-hydrogen) atoms. The Bertz CT molecular complexity index is 513. The molecule has 0 radical (unpaired) electrons. The van der Waals surface area contributed by atoms with Gasteiger partial charge in [-0.1, -0.05) is 38.5 Å². The monoisotopic (exact) mass is 395 g/mol. The molecule has 0 aromatic carbocycles. The standard InChI is InChI=1S/C11H16N2O.C5H13N.C4H8.C2H4O2/c1-3-12-11-9-6-4-5-8(2)7-10(9)14-13-11;1-3-5-6-4-2;1-4(2)3;1-2(3)4/h4-5,7,11-13H,3,6H2,1-2H3;6H,3-5H2,1-2H3;1H2,2-3H3;1H3,(H,3,4). The van der Waals surface area contributed by atoms with Crippen molar-refractivity contribution in [2.75, 3.05) is 19.6 Å². The van der Waals surface area contributed by atoms with Crippen molar-refractivity contribution < 1.29 is 14.7 Å². The largest absolute Gasteiger partial charge is 0.481 e. The first-order chi connectivity index (χ1) is 13.2. The molecule has 1 aliphatic heterocycles. The molecule has 0 amide bonds. The molecule has 1 aliphatic carbocycles. The van der Waals surface area contributed by atoms with Gasteiger partial charge in [0.15, 0.2) is 0 Å². The summed E-state index contributed by atoms with van der Waals surface area (Å²) in [7, 11) is 0. The summed E-state index contributed by atoms with van der Waals surface area (Å²) in [6.45, 7) is 20.2. The fourth-order valence-corrected chi connectivity index (χ4v) is 2.09. The second kappa shape index (κ2) is 18.5. The third-order valence-electron chi connectivity index (χ3n) is 3.11. The Morgan fingerprint density at radius 1 is 1.29 bits per heavy atom. The van der Waals surface area contributed by atoms with Gasteiger partial charge in [-0.25, -0.2) is 0 Å². The lowest BCUT2D eigenvalue weighted by Gasteiger charge is -2.11. The molecule has 6 nitrogen and oxygen atoms in total. The lowest BCUT2D eigenvalue weighted by atomic mass is 10.1. The lowest BCUT2D eigenvalue weighted by molar-refractivity contribution is -0.134. The molecule has 1 unspecified atom stereocenters. The molecule has 0 aromatic heterocycles. The Balaban J connectivity index is 0. The molecule has 0 bridgehead atoms. The van der Waals surface area contributed by atoms with Crippen molar-refractivity contribution in [3.63, 3.8) is 0 Å². The molecular weight excluding hydrogens is 354 g/mol. The molecule has 0 aromatic rings. The first-order valence-electron chi connectivity index (χ1n) is 9.95. The molecule has 1 heterocycles. The zero-order chi connectivity index (χ0) is 21.9. The fraction of sp³-hybridized carbons (Fsp3) is 0.591. The number of carboxylic acids is 1. The number of hydroxylamine groups is 1. The number of rotatable bonds is 5. The normalized spacial score (nSPS) is 16.5. The van der Waals surface area contributed by atoms with E-state index in [1.165, 1.54) is 23.1 Å². The maximum atomic E-state index is 9.00. The zero-order valence-corrected chi connectivity index (χ0v) is 18.8. The van der Waals surface area contributed by atoms with E-state index in [1.807, 2.05) is 13.8 Å². The molecule has 0 saturated heterocycles. The van der Waals surface area contributed by atoms with Crippen LogP contribution in [0.2, 0.25) is 0 Å². The van der Waals surface area contributed by atoms with Crippen LogP contribution >= 0.6 is 0 Å². The number of carboxylic acid groups (broad SMARTS) is 1. The van der Waals surface area contributed by atoms with Crippen LogP contribution in [0, 0.1) is 0 Å². The molecule has 1 atom stereocenters. The zero-order valence-electron chi connectivity index (χ0n) is 18.8. The van der Waals surface area contributed by atoms with Gasteiger partial charge in [0.2, 0.25) is 0 Å². The van der Waals surface area contributed by atoms with Crippen LogP contribution in [0.5, 0.6) is 0 Å². The predicted molar refractivity (Wildman–Crippen MR) is 119 cm³/mol. The van der Waals surface area contributed by atoms with E-state index in [0.717, 1.165) is 38.7 Å². The number of hydrogen-bond acceptors (Lipinski definition) is 5. The Labute approximate surface area is 171 Å². The van der Waals surface area contributed by atoms with Gasteiger partial charge in [-0.15, -0.1) is 12.1 Å². The minimum Gasteiger partial charge on any atom is -0.481 e. The third-order valence-corrected chi connectivity index (χ3v) is 3.11. The smallest absolute Gasteiger partial charge is 0.300 e. The van der Waals surface area contributed by atoms with E-state index in [4.69, 9.17) is 14.7 Å². The quantitative estimate of drug-likeness (QED) is 0.410. The summed E-state index contributed by atoms with van der Waals surface area (Å²) in [6.07, 6.45) is 8.74. The highest BCUT2D eigenvalue weighted by Gasteiger charge is 2.24. The first kappa shape index (κ1) is 28.3. The van der Waals surface area contributed by atoms with E-state index < -0.39 is 5.97 Å². The molecule has 2 rings (SSSR count). The van der Waals surface area contributed by atoms with Crippen LogP contribution in [0.15, 0.2) is 47.3 Å². The number of hydrogen-bond donors (Lipinski definition) is 4. The number of carbonyl (C=O) groups is 1. The van der Waals surface area contributed by atoms with Crippen LogP contribution < -0.4 is 16.1 Å². The highest BCUT2D eigenvalue weighted by molar-refractivity contribution is 5.62. The molecule has 6 heteroatoms. The van der Waals surface area contributed by atoms with Gasteiger partial charge >= 0.3 is 0 Å². The Morgan fingerprint density at radius 2 is 1.86 bits per heavy atom. The van der Waals surface area contributed by atoms with E-state index in [9.17, 15) is 0 Å². The van der Waals surface area contributed by atoms with Crippen molar-refractivity contribution >= 4 is 5.97 Å². The van der Waals surface area contributed by atoms with Crippen molar-refractivity contribution in [3.05, 3.63) is 47.3 Å². The van der Waals surface area contributed by atoms with Crippen molar-refractivity contribution in [2.24, 2.45) is 0 Å². The van der Waals surface area contributed by atoms with Gasteiger partial charge in [-0.3, -0.25) is 10.1 Å². The maximum Gasteiger partial charge on any atom is 0.300 e. The van der Waals surface area contributed by atoms with Gasteiger partial charge in [-0.2, -0.15) is 0 Å². The van der Waals surface area contributed by atoms with Crippen LogP contribution in [-0.2, 0) is 9.63 Å². The van der Waals surface area contributed by atoms with Crippen molar-refractivity contribution in [3.8, 4) is 0 Å². The summed E-state index contributed by atoms with van der Waals surface area (Å²) in [5.41, 5.74) is 6.67. The predicted octanol–water partition coefficient (Wildman–Crippen LogP) is 4.30. The van der Waals surface area contributed by atoms with Gasteiger partial charge < -0.3 is 15.3 Å². The third kappa shape index (κ3) is 17.5. The van der Waals surface area contributed by atoms with Crippen molar-refractivity contribution in [2.45, 2.75) is 67.5 Å². The Kier molecular flexibility index (Phi) is 18.7.